The van der Waals surface area contributed by atoms with Crippen molar-refractivity contribution in [3.63, 3.8) is 0 Å². The van der Waals surface area contributed by atoms with E-state index in [2.05, 4.69) is 21.2 Å². The molecule has 1 atom stereocenters. The van der Waals surface area contributed by atoms with Crippen LogP contribution in [0.25, 0.3) is 0 Å². The number of unbranched alkanes of at least 4 members (excludes halogenated alkanes) is 1. The van der Waals surface area contributed by atoms with Crippen molar-refractivity contribution in [2.75, 3.05) is 13.1 Å². The lowest BCUT2D eigenvalue weighted by Crippen LogP contribution is -2.50. The highest BCUT2D eigenvalue weighted by Gasteiger charge is 2.40. The summed E-state index contributed by atoms with van der Waals surface area (Å²) < 4.78 is 27.6. The van der Waals surface area contributed by atoms with E-state index in [9.17, 15) is 22.8 Å². The first-order valence-corrected chi connectivity index (χ1v) is 16.0. The van der Waals surface area contributed by atoms with Crippen LogP contribution in [0.1, 0.15) is 54.1 Å². The minimum atomic E-state index is -3.96. The van der Waals surface area contributed by atoms with Gasteiger partial charge in [0.05, 0.1) is 5.56 Å². The van der Waals surface area contributed by atoms with Gasteiger partial charge in [-0.2, -0.15) is 0 Å². The second kappa shape index (κ2) is 13.9. The Hall–Kier alpha value is -3.50. The highest BCUT2D eigenvalue weighted by molar-refractivity contribution is 9.10. The van der Waals surface area contributed by atoms with Crippen molar-refractivity contribution >= 4 is 43.7 Å². The molecule has 0 bridgehead atoms. The second-order valence-electron chi connectivity index (χ2n) is 9.98. The molecule has 3 aromatic rings. The summed E-state index contributed by atoms with van der Waals surface area (Å²) >= 11 is 3.48. The van der Waals surface area contributed by atoms with Gasteiger partial charge in [0, 0.05) is 36.9 Å². The quantitative estimate of drug-likeness (QED) is 0.267. The van der Waals surface area contributed by atoms with E-state index in [-0.39, 0.29) is 48.2 Å². The molecule has 4 rings (SSSR count). The molecular weight excluding hydrogens is 606 g/mol. The molecular formula is C31H34BrN3O5S. The van der Waals surface area contributed by atoms with Crippen molar-refractivity contribution in [1.82, 2.24) is 14.5 Å². The van der Waals surface area contributed by atoms with Crippen LogP contribution in [0.4, 0.5) is 0 Å². The van der Waals surface area contributed by atoms with Gasteiger partial charge in [-0.15, -0.1) is 0 Å². The first-order valence-electron chi connectivity index (χ1n) is 13.7. The van der Waals surface area contributed by atoms with Crippen LogP contribution in [0.5, 0.6) is 0 Å². The van der Waals surface area contributed by atoms with Crippen LogP contribution in [0, 0.1) is 0 Å². The molecule has 1 aliphatic heterocycles. The molecule has 1 aliphatic rings. The summed E-state index contributed by atoms with van der Waals surface area (Å²) in [5.41, 5.74) is 1.91. The second-order valence-corrected chi connectivity index (χ2v) is 12.7. The summed E-state index contributed by atoms with van der Waals surface area (Å²) in [7, 11) is -3.96. The summed E-state index contributed by atoms with van der Waals surface area (Å²) in [5.74, 6) is -1.12. The molecule has 1 N–H and O–H groups in total. The third-order valence-electron chi connectivity index (χ3n) is 7.01. The average Bonchev–Trinajstić information content (AvgIpc) is 3.16. The number of hydrogen-bond acceptors (Lipinski definition) is 5. The fraction of sp³-hybridized carbons (Fsp3) is 0.323. The maximum absolute atomic E-state index is 13.8. The van der Waals surface area contributed by atoms with E-state index in [0.717, 1.165) is 32.7 Å². The largest absolute Gasteiger partial charge is 0.354 e. The number of nitrogens with one attached hydrogen (secondary N) is 1. The molecule has 1 heterocycles. The molecule has 10 heteroatoms. The molecule has 0 saturated carbocycles. The predicted octanol–water partition coefficient (Wildman–Crippen LogP) is 4.93. The van der Waals surface area contributed by atoms with E-state index in [1.807, 2.05) is 61.5 Å². The molecule has 3 amide bonds. The molecule has 0 unspecified atom stereocenters. The van der Waals surface area contributed by atoms with E-state index in [1.54, 1.807) is 17.0 Å². The van der Waals surface area contributed by atoms with Crippen LogP contribution in [-0.2, 0) is 32.6 Å². The van der Waals surface area contributed by atoms with Crippen LogP contribution in [-0.4, -0.2) is 54.5 Å². The zero-order chi connectivity index (χ0) is 29.4. The van der Waals surface area contributed by atoms with Crippen LogP contribution in [0.2, 0.25) is 0 Å². The molecule has 0 radical (unpaired) electrons. The monoisotopic (exact) mass is 639 g/mol. The van der Waals surface area contributed by atoms with Crippen LogP contribution < -0.4 is 5.32 Å². The van der Waals surface area contributed by atoms with E-state index in [1.165, 1.54) is 12.1 Å². The number of amides is 3. The van der Waals surface area contributed by atoms with Crippen LogP contribution in [0.3, 0.4) is 0 Å². The first-order chi connectivity index (χ1) is 19.7. The Morgan fingerprint density at radius 2 is 1.66 bits per heavy atom. The Morgan fingerprint density at radius 3 is 2.37 bits per heavy atom. The topological polar surface area (TPSA) is 104 Å². The Balaban J connectivity index is 1.56. The van der Waals surface area contributed by atoms with Gasteiger partial charge in [-0.3, -0.25) is 14.4 Å². The highest BCUT2D eigenvalue weighted by Crippen LogP contribution is 2.30. The zero-order valence-electron chi connectivity index (χ0n) is 23.0. The van der Waals surface area contributed by atoms with Gasteiger partial charge in [0.1, 0.15) is 10.9 Å². The van der Waals surface area contributed by atoms with Gasteiger partial charge in [-0.1, -0.05) is 83.9 Å². The van der Waals surface area contributed by atoms with Gasteiger partial charge in [0.25, 0.3) is 15.9 Å². The smallest absolute Gasteiger partial charge is 0.269 e. The number of rotatable bonds is 13. The van der Waals surface area contributed by atoms with Crippen molar-refractivity contribution < 1.29 is 22.8 Å². The lowest BCUT2D eigenvalue weighted by Gasteiger charge is -2.32. The molecule has 0 saturated heterocycles. The normalized spacial score (nSPS) is 14.4. The zero-order valence-corrected chi connectivity index (χ0v) is 25.4. The molecule has 0 spiro atoms. The number of halogens is 1. The molecule has 41 heavy (non-hydrogen) atoms. The molecule has 0 fully saturated rings. The summed E-state index contributed by atoms with van der Waals surface area (Å²) in [5, 5.41) is 2.99. The van der Waals surface area contributed by atoms with Gasteiger partial charge >= 0.3 is 0 Å². The summed E-state index contributed by atoms with van der Waals surface area (Å²) in [6, 6.07) is 22.4. The average molecular weight is 641 g/mol. The fourth-order valence-electron chi connectivity index (χ4n) is 4.86. The number of fused-ring (bicyclic) bond motifs is 1. The Kier molecular flexibility index (Phi) is 10.3. The van der Waals surface area contributed by atoms with Crippen molar-refractivity contribution in [1.29, 1.82) is 0 Å². The SMILES string of the molecule is CCCCNC(=O)[C@@H](Cc1ccccc1)N(Cc1cccc(Br)c1)C(=O)CCCN1C(=O)c2ccccc2S1(=O)=O. The minimum Gasteiger partial charge on any atom is -0.354 e. The fourth-order valence-corrected chi connectivity index (χ4v) is 6.92. The highest BCUT2D eigenvalue weighted by atomic mass is 79.9. The summed E-state index contributed by atoms with van der Waals surface area (Å²) in [4.78, 5) is 41.7. The summed E-state index contributed by atoms with van der Waals surface area (Å²) in [6.45, 7) is 2.62. The lowest BCUT2D eigenvalue weighted by atomic mass is 10.0. The molecule has 0 aromatic heterocycles. The number of carbonyl (C=O) groups is 3. The number of sulfonamides is 1. The first kappa shape index (κ1) is 30.5. The summed E-state index contributed by atoms with van der Waals surface area (Å²) in [6.07, 6.45) is 2.17. The van der Waals surface area contributed by atoms with E-state index < -0.39 is 22.0 Å². The van der Waals surface area contributed by atoms with Gasteiger partial charge in [-0.05, 0) is 48.2 Å². The lowest BCUT2D eigenvalue weighted by molar-refractivity contribution is -0.141. The van der Waals surface area contributed by atoms with E-state index in [4.69, 9.17) is 0 Å². The molecule has 3 aromatic carbocycles. The Morgan fingerprint density at radius 1 is 0.951 bits per heavy atom. The molecule has 8 nitrogen and oxygen atoms in total. The van der Waals surface area contributed by atoms with Gasteiger partial charge < -0.3 is 10.2 Å². The number of nitrogens with zero attached hydrogens (tertiary/aromatic N) is 2. The van der Waals surface area contributed by atoms with Crippen LogP contribution >= 0.6 is 15.9 Å². The third-order valence-corrected chi connectivity index (χ3v) is 9.34. The minimum absolute atomic E-state index is 0.0146. The molecule has 0 aliphatic carbocycles. The van der Waals surface area contributed by atoms with Gasteiger partial charge in [0.2, 0.25) is 11.8 Å². The van der Waals surface area contributed by atoms with Crippen molar-refractivity contribution in [2.45, 2.75) is 56.5 Å². The van der Waals surface area contributed by atoms with Gasteiger partial charge in [-0.25, -0.2) is 12.7 Å². The predicted molar refractivity (Wildman–Crippen MR) is 160 cm³/mol. The van der Waals surface area contributed by atoms with Gasteiger partial charge in [0.15, 0.2) is 0 Å². The third kappa shape index (κ3) is 7.42. The van der Waals surface area contributed by atoms with Crippen LogP contribution in [0.15, 0.2) is 88.2 Å². The number of benzene rings is 3. The van der Waals surface area contributed by atoms with E-state index in [0.29, 0.717) is 13.0 Å². The van der Waals surface area contributed by atoms with Crippen molar-refractivity contribution in [2.24, 2.45) is 0 Å². The van der Waals surface area contributed by atoms with Crippen molar-refractivity contribution in [3.8, 4) is 0 Å². The maximum atomic E-state index is 13.8. The molecule has 216 valence electrons. The standard InChI is InChI=1S/C31H34BrN3O5S/c1-2-3-18-33-30(37)27(21-23-11-5-4-6-12-23)34(22-24-13-9-14-25(32)20-24)29(36)17-10-19-35-31(38)26-15-7-8-16-28(26)41(35,39)40/h4-9,11-16,20,27H,2-3,10,17-19,21-22H2,1H3,(H,33,37)/t27-/m1/s1. The number of hydrogen-bond donors (Lipinski definition) is 1. The van der Waals surface area contributed by atoms with E-state index >= 15 is 0 Å². The Bertz CT molecular complexity index is 1500. The number of carbonyl (C=O) groups excluding carboxylic acids is 3. The van der Waals surface area contributed by atoms with Crippen molar-refractivity contribution in [3.05, 3.63) is 100 Å². The Labute approximate surface area is 249 Å². The maximum Gasteiger partial charge on any atom is 0.269 e.